The molecule has 2 aliphatic heterocycles. The highest BCUT2D eigenvalue weighted by atomic mass is 32.2. The van der Waals surface area contributed by atoms with Crippen LogP contribution < -0.4 is 0 Å². The lowest BCUT2D eigenvalue weighted by atomic mass is 10.2. The van der Waals surface area contributed by atoms with Gasteiger partial charge in [-0.05, 0) is 19.8 Å². The van der Waals surface area contributed by atoms with Crippen molar-refractivity contribution in [2.45, 2.75) is 32.7 Å². The van der Waals surface area contributed by atoms with Gasteiger partial charge in [-0.25, -0.2) is 0 Å². The predicted molar refractivity (Wildman–Crippen MR) is 82.4 cm³/mol. The number of aromatic nitrogens is 1. The van der Waals surface area contributed by atoms with Gasteiger partial charge in [-0.3, -0.25) is 4.90 Å². The number of aryl methyl sites for hydroxylation is 1. The fourth-order valence-electron chi connectivity index (χ4n) is 3.10. The molecule has 124 valence electrons. The highest BCUT2D eigenvalue weighted by molar-refractivity contribution is 7.86. The molecule has 0 unspecified atom stereocenters. The van der Waals surface area contributed by atoms with E-state index in [1.165, 1.54) is 0 Å². The van der Waals surface area contributed by atoms with Gasteiger partial charge in [0, 0.05) is 51.9 Å². The van der Waals surface area contributed by atoms with Crippen molar-refractivity contribution in [1.82, 2.24) is 18.7 Å². The molecule has 7 nitrogen and oxygen atoms in total. The molecule has 2 aliphatic rings. The Morgan fingerprint density at radius 3 is 2.27 bits per heavy atom. The molecule has 0 saturated carbocycles. The van der Waals surface area contributed by atoms with Gasteiger partial charge in [0.15, 0.2) is 0 Å². The van der Waals surface area contributed by atoms with E-state index in [4.69, 9.17) is 4.52 Å². The molecule has 0 aromatic carbocycles. The molecular weight excluding hydrogens is 304 g/mol. The van der Waals surface area contributed by atoms with Gasteiger partial charge >= 0.3 is 0 Å². The summed E-state index contributed by atoms with van der Waals surface area (Å²) in [6, 6.07) is 1.93. The summed E-state index contributed by atoms with van der Waals surface area (Å²) in [6.45, 7) is 6.50. The van der Waals surface area contributed by atoms with Gasteiger partial charge in [-0.1, -0.05) is 11.6 Å². The first-order chi connectivity index (χ1) is 10.6. The average molecular weight is 328 g/mol. The van der Waals surface area contributed by atoms with Crippen LogP contribution in [0.1, 0.15) is 30.7 Å². The molecule has 0 bridgehead atoms. The Bertz CT molecular complexity index is 587. The Balaban J connectivity index is 1.54. The minimum absolute atomic E-state index is 0.551. The summed E-state index contributed by atoms with van der Waals surface area (Å²) < 4.78 is 33.6. The van der Waals surface area contributed by atoms with Crippen molar-refractivity contribution in [2.75, 3.05) is 39.3 Å². The monoisotopic (exact) mass is 328 g/mol. The first kappa shape index (κ1) is 15.9. The van der Waals surface area contributed by atoms with E-state index < -0.39 is 10.2 Å². The van der Waals surface area contributed by atoms with E-state index in [-0.39, 0.29) is 0 Å². The first-order valence-corrected chi connectivity index (χ1v) is 9.35. The predicted octanol–water partition coefficient (Wildman–Crippen LogP) is 0.831. The molecule has 0 amide bonds. The van der Waals surface area contributed by atoms with Crippen LogP contribution in [0.5, 0.6) is 0 Å². The Labute approximate surface area is 132 Å². The molecule has 0 aliphatic carbocycles. The number of hydrogen-bond donors (Lipinski definition) is 0. The number of piperidine rings is 1. The van der Waals surface area contributed by atoms with Crippen LogP contribution in [0.15, 0.2) is 10.6 Å². The fourth-order valence-corrected chi connectivity index (χ4v) is 4.77. The summed E-state index contributed by atoms with van der Waals surface area (Å²) in [7, 11) is -3.27. The maximum absolute atomic E-state index is 12.6. The normalized spacial score (nSPS) is 23.0. The molecule has 0 radical (unpaired) electrons. The van der Waals surface area contributed by atoms with E-state index in [9.17, 15) is 8.42 Å². The van der Waals surface area contributed by atoms with Crippen LogP contribution in [0.25, 0.3) is 0 Å². The Morgan fingerprint density at radius 1 is 1.05 bits per heavy atom. The number of piperazine rings is 1. The zero-order valence-corrected chi connectivity index (χ0v) is 13.9. The summed E-state index contributed by atoms with van der Waals surface area (Å²) in [5.41, 5.74) is 0.907. The number of rotatable bonds is 4. The third-order valence-corrected chi connectivity index (χ3v) is 6.40. The molecule has 0 N–H and O–H groups in total. The number of hydrogen-bond acceptors (Lipinski definition) is 5. The van der Waals surface area contributed by atoms with Crippen LogP contribution in [0.2, 0.25) is 0 Å². The summed E-state index contributed by atoms with van der Waals surface area (Å²) in [4.78, 5) is 2.22. The summed E-state index contributed by atoms with van der Waals surface area (Å²) in [5, 5.41) is 3.99. The van der Waals surface area contributed by atoms with Gasteiger partial charge in [0.05, 0.1) is 5.69 Å². The van der Waals surface area contributed by atoms with Crippen LogP contribution in [0.3, 0.4) is 0 Å². The zero-order chi connectivity index (χ0) is 15.6. The molecular formula is C14H24N4O3S. The minimum atomic E-state index is -3.27. The van der Waals surface area contributed by atoms with Gasteiger partial charge < -0.3 is 4.52 Å². The summed E-state index contributed by atoms with van der Waals surface area (Å²) in [5.74, 6) is 0.807. The third-order valence-electron chi connectivity index (χ3n) is 4.36. The molecule has 3 heterocycles. The molecule has 1 aromatic heterocycles. The quantitative estimate of drug-likeness (QED) is 0.819. The summed E-state index contributed by atoms with van der Waals surface area (Å²) >= 11 is 0. The first-order valence-electron chi connectivity index (χ1n) is 7.95. The third kappa shape index (κ3) is 3.51. The topological polar surface area (TPSA) is 69.9 Å². The largest absolute Gasteiger partial charge is 0.361 e. The van der Waals surface area contributed by atoms with Crippen molar-refractivity contribution in [1.29, 1.82) is 0 Å². The van der Waals surface area contributed by atoms with E-state index in [2.05, 4.69) is 10.1 Å². The second-order valence-corrected chi connectivity index (χ2v) is 8.00. The standard InChI is InChI=1S/C14H24N4O3S/c1-13-11-14(15-21-13)12-16-7-9-18(10-8-16)22(19,20)17-5-3-2-4-6-17/h11H,2-10,12H2,1H3. The van der Waals surface area contributed by atoms with Crippen molar-refractivity contribution in [2.24, 2.45) is 0 Å². The van der Waals surface area contributed by atoms with Crippen molar-refractivity contribution >= 4 is 10.2 Å². The van der Waals surface area contributed by atoms with Gasteiger partial charge in [-0.15, -0.1) is 0 Å². The lowest BCUT2D eigenvalue weighted by molar-refractivity contribution is 0.169. The van der Waals surface area contributed by atoms with Crippen molar-refractivity contribution in [3.63, 3.8) is 0 Å². The Kier molecular flexibility index (Phi) is 4.82. The van der Waals surface area contributed by atoms with Crippen LogP contribution in [0, 0.1) is 6.92 Å². The van der Waals surface area contributed by atoms with Crippen molar-refractivity contribution in [3.8, 4) is 0 Å². The smallest absolute Gasteiger partial charge is 0.282 e. The highest BCUT2D eigenvalue weighted by Crippen LogP contribution is 2.18. The van der Waals surface area contributed by atoms with E-state index >= 15 is 0 Å². The molecule has 22 heavy (non-hydrogen) atoms. The number of nitrogens with zero attached hydrogens (tertiary/aromatic N) is 4. The van der Waals surface area contributed by atoms with Crippen LogP contribution in [-0.2, 0) is 16.8 Å². The molecule has 2 saturated heterocycles. The fraction of sp³-hybridized carbons (Fsp3) is 0.786. The van der Waals surface area contributed by atoms with Crippen molar-refractivity contribution < 1.29 is 12.9 Å². The highest BCUT2D eigenvalue weighted by Gasteiger charge is 2.32. The lowest BCUT2D eigenvalue weighted by Gasteiger charge is -2.37. The second kappa shape index (κ2) is 6.66. The molecule has 0 atom stereocenters. The molecule has 8 heteroatoms. The Morgan fingerprint density at radius 2 is 1.68 bits per heavy atom. The van der Waals surface area contributed by atoms with Crippen LogP contribution in [0.4, 0.5) is 0 Å². The van der Waals surface area contributed by atoms with Gasteiger partial charge in [0.25, 0.3) is 10.2 Å². The zero-order valence-electron chi connectivity index (χ0n) is 13.1. The van der Waals surface area contributed by atoms with Crippen LogP contribution in [-0.4, -0.2) is 66.4 Å². The van der Waals surface area contributed by atoms with E-state index in [1.807, 2.05) is 13.0 Å². The molecule has 1 aromatic rings. The SMILES string of the molecule is Cc1cc(CN2CCN(S(=O)(=O)N3CCCCC3)CC2)no1. The molecule has 0 spiro atoms. The van der Waals surface area contributed by atoms with E-state index in [0.717, 1.165) is 50.4 Å². The Hall–Kier alpha value is -0.960. The minimum Gasteiger partial charge on any atom is -0.361 e. The van der Waals surface area contributed by atoms with Crippen LogP contribution >= 0.6 is 0 Å². The van der Waals surface area contributed by atoms with E-state index in [1.54, 1.807) is 8.61 Å². The molecule has 3 rings (SSSR count). The van der Waals surface area contributed by atoms with E-state index in [0.29, 0.717) is 26.2 Å². The van der Waals surface area contributed by atoms with Gasteiger partial charge in [0.1, 0.15) is 5.76 Å². The molecule has 2 fully saturated rings. The summed E-state index contributed by atoms with van der Waals surface area (Å²) in [6.07, 6.45) is 3.09. The second-order valence-electron chi connectivity index (χ2n) is 6.07. The average Bonchev–Trinajstić information content (AvgIpc) is 2.94. The maximum atomic E-state index is 12.6. The lowest BCUT2D eigenvalue weighted by Crippen LogP contribution is -2.53. The van der Waals surface area contributed by atoms with Gasteiger partial charge in [0.2, 0.25) is 0 Å². The van der Waals surface area contributed by atoms with Crippen molar-refractivity contribution in [3.05, 3.63) is 17.5 Å². The van der Waals surface area contributed by atoms with Gasteiger partial charge in [-0.2, -0.15) is 17.0 Å². The maximum Gasteiger partial charge on any atom is 0.282 e.